The lowest BCUT2D eigenvalue weighted by molar-refractivity contribution is 0.102. The number of rotatable bonds is 7. The molecular weight excluding hydrogens is 270 g/mol. The summed E-state index contributed by atoms with van der Waals surface area (Å²) in [4.78, 5) is 0. The van der Waals surface area contributed by atoms with E-state index in [-0.39, 0.29) is 0 Å². The minimum absolute atomic E-state index is 0.341. The molecular formula is C16H25NO2S. The highest BCUT2D eigenvalue weighted by Gasteiger charge is 2.24. The van der Waals surface area contributed by atoms with Crippen molar-refractivity contribution < 1.29 is 9.84 Å². The smallest absolute Gasteiger partial charge is 0.119 e. The van der Waals surface area contributed by atoms with Gasteiger partial charge in [0.1, 0.15) is 18.5 Å². The second kappa shape index (κ2) is 8.55. The average Bonchev–Trinajstić information content (AvgIpc) is 2.52. The molecule has 2 N–H and O–H groups in total. The van der Waals surface area contributed by atoms with Crippen LogP contribution >= 0.6 is 11.8 Å². The van der Waals surface area contributed by atoms with Gasteiger partial charge in [-0.25, -0.2) is 0 Å². The molecule has 3 nitrogen and oxygen atoms in total. The minimum Gasteiger partial charge on any atom is -0.491 e. The third kappa shape index (κ3) is 5.00. The highest BCUT2D eigenvalue weighted by Crippen LogP contribution is 2.27. The number of aliphatic hydroxyl groups is 1. The van der Waals surface area contributed by atoms with Gasteiger partial charge in [0.25, 0.3) is 0 Å². The summed E-state index contributed by atoms with van der Waals surface area (Å²) in [6.45, 7) is 0.947. The van der Waals surface area contributed by atoms with E-state index < -0.39 is 6.10 Å². The van der Waals surface area contributed by atoms with E-state index in [0.717, 1.165) is 5.75 Å². The van der Waals surface area contributed by atoms with Crippen LogP contribution in [-0.4, -0.2) is 41.9 Å². The summed E-state index contributed by atoms with van der Waals surface area (Å²) in [7, 11) is 0. The van der Waals surface area contributed by atoms with E-state index >= 15 is 0 Å². The maximum Gasteiger partial charge on any atom is 0.119 e. The molecule has 0 saturated heterocycles. The van der Waals surface area contributed by atoms with Crippen LogP contribution in [-0.2, 0) is 0 Å². The van der Waals surface area contributed by atoms with Gasteiger partial charge < -0.3 is 15.2 Å². The second-order valence-corrected chi connectivity index (χ2v) is 6.43. The molecule has 0 aromatic heterocycles. The molecule has 0 aliphatic heterocycles. The molecule has 1 saturated carbocycles. The van der Waals surface area contributed by atoms with Gasteiger partial charge in [-0.1, -0.05) is 31.0 Å². The second-order valence-electron chi connectivity index (χ2n) is 5.35. The third-order valence-electron chi connectivity index (χ3n) is 3.81. The highest BCUT2D eigenvalue weighted by molar-refractivity contribution is 7.99. The number of para-hydroxylation sites is 1. The predicted octanol–water partition coefficient (Wildman–Crippen LogP) is 2.69. The van der Waals surface area contributed by atoms with E-state index in [0.29, 0.717) is 24.4 Å². The van der Waals surface area contributed by atoms with E-state index in [1.807, 2.05) is 42.1 Å². The molecule has 0 radical (unpaired) electrons. The van der Waals surface area contributed by atoms with Gasteiger partial charge in [0.15, 0.2) is 0 Å². The van der Waals surface area contributed by atoms with Crippen molar-refractivity contribution >= 4 is 11.8 Å². The maximum atomic E-state index is 10.0. The van der Waals surface area contributed by atoms with Gasteiger partial charge >= 0.3 is 0 Å². The third-order valence-corrected chi connectivity index (χ3v) is 4.98. The topological polar surface area (TPSA) is 41.5 Å². The molecule has 3 atom stereocenters. The van der Waals surface area contributed by atoms with E-state index in [2.05, 4.69) is 11.6 Å². The Morgan fingerprint density at radius 3 is 2.80 bits per heavy atom. The predicted molar refractivity (Wildman–Crippen MR) is 85.5 cm³/mol. The van der Waals surface area contributed by atoms with Gasteiger partial charge in [-0.15, -0.1) is 0 Å². The van der Waals surface area contributed by atoms with Crippen LogP contribution in [0.2, 0.25) is 0 Å². The first kappa shape index (κ1) is 15.7. The van der Waals surface area contributed by atoms with Crippen molar-refractivity contribution in [2.75, 3.05) is 19.4 Å². The van der Waals surface area contributed by atoms with E-state index in [9.17, 15) is 5.11 Å². The van der Waals surface area contributed by atoms with Crippen molar-refractivity contribution in [1.29, 1.82) is 0 Å². The zero-order valence-electron chi connectivity index (χ0n) is 12.1. The van der Waals surface area contributed by atoms with Crippen molar-refractivity contribution in [1.82, 2.24) is 5.32 Å². The SMILES string of the molecule is CSC1CCCCC1NCC(O)COc1ccccc1. The van der Waals surface area contributed by atoms with Crippen LogP contribution in [0.4, 0.5) is 0 Å². The van der Waals surface area contributed by atoms with Crippen molar-refractivity contribution in [2.45, 2.75) is 43.1 Å². The van der Waals surface area contributed by atoms with Gasteiger partial charge in [0.2, 0.25) is 0 Å². The number of hydrogen-bond acceptors (Lipinski definition) is 4. The van der Waals surface area contributed by atoms with Crippen molar-refractivity contribution in [3.8, 4) is 5.75 Å². The Balaban J connectivity index is 1.67. The van der Waals surface area contributed by atoms with Crippen molar-refractivity contribution in [3.05, 3.63) is 30.3 Å². The lowest BCUT2D eigenvalue weighted by Crippen LogP contribution is -2.44. The molecule has 3 unspecified atom stereocenters. The number of thioether (sulfide) groups is 1. The molecule has 1 fully saturated rings. The van der Waals surface area contributed by atoms with Gasteiger partial charge in [0, 0.05) is 17.8 Å². The molecule has 112 valence electrons. The maximum absolute atomic E-state index is 10.0. The summed E-state index contributed by atoms with van der Waals surface area (Å²) in [5.74, 6) is 0.811. The lowest BCUT2D eigenvalue weighted by atomic mass is 9.95. The Hall–Kier alpha value is -0.710. The number of aliphatic hydroxyl groups excluding tert-OH is 1. The van der Waals surface area contributed by atoms with E-state index in [1.54, 1.807) is 0 Å². The van der Waals surface area contributed by atoms with Crippen LogP contribution in [0.1, 0.15) is 25.7 Å². The summed E-state index contributed by atoms with van der Waals surface area (Å²) in [5.41, 5.74) is 0. The number of hydrogen-bond donors (Lipinski definition) is 2. The standard InChI is InChI=1S/C16H25NO2S/c1-20-16-10-6-5-9-15(16)17-11-13(18)12-19-14-7-3-2-4-8-14/h2-4,7-8,13,15-18H,5-6,9-12H2,1H3. The van der Waals surface area contributed by atoms with Crippen LogP contribution < -0.4 is 10.1 Å². The lowest BCUT2D eigenvalue weighted by Gasteiger charge is -2.31. The Kier molecular flexibility index (Phi) is 6.70. The fourth-order valence-electron chi connectivity index (χ4n) is 2.67. The molecule has 20 heavy (non-hydrogen) atoms. The van der Waals surface area contributed by atoms with E-state index in [4.69, 9.17) is 4.74 Å². The van der Waals surface area contributed by atoms with Crippen molar-refractivity contribution in [3.63, 3.8) is 0 Å². The summed E-state index contributed by atoms with van der Waals surface area (Å²) < 4.78 is 5.57. The van der Waals surface area contributed by atoms with Crippen LogP contribution in [0.3, 0.4) is 0 Å². The van der Waals surface area contributed by atoms with E-state index in [1.165, 1.54) is 25.7 Å². The Morgan fingerprint density at radius 1 is 1.30 bits per heavy atom. The molecule has 2 rings (SSSR count). The molecule has 0 bridgehead atoms. The molecule has 1 aromatic carbocycles. The first-order valence-corrected chi connectivity index (χ1v) is 8.70. The first-order valence-electron chi connectivity index (χ1n) is 7.41. The highest BCUT2D eigenvalue weighted by atomic mass is 32.2. The normalized spacial score (nSPS) is 24.3. The van der Waals surface area contributed by atoms with Gasteiger partial charge in [-0.05, 0) is 31.2 Å². The van der Waals surface area contributed by atoms with Crippen LogP contribution in [0, 0.1) is 0 Å². The average molecular weight is 295 g/mol. The molecule has 1 aliphatic rings. The number of ether oxygens (including phenoxy) is 1. The molecule has 1 aromatic rings. The Morgan fingerprint density at radius 2 is 2.05 bits per heavy atom. The molecule has 0 spiro atoms. The summed E-state index contributed by atoms with van der Waals surface area (Å²) in [6.07, 6.45) is 6.86. The first-order chi connectivity index (χ1) is 9.79. The molecule has 0 amide bonds. The molecule has 0 heterocycles. The zero-order chi connectivity index (χ0) is 14.2. The van der Waals surface area contributed by atoms with Crippen LogP contribution in [0.25, 0.3) is 0 Å². The van der Waals surface area contributed by atoms with Crippen LogP contribution in [0.5, 0.6) is 5.75 Å². The number of nitrogens with one attached hydrogen (secondary N) is 1. The zero-order valence-corrected chi connectivity index (χ0v) is 12.9. The van der Waals surface area contributed by atoms with Gasteiger partial charge in [0.05, 0.1) is 0 Å². The quantitative estimate of drug-likeness (QED) is 0.811. The minimum atomic E-state index is -0.459. The summed E-state index contributed by atoms with van der Waals surface area (Å²) >= 11 is 1.94. The van der Waals surface area contributed by atoms with Crippen molar-refractivity contribution in [2.24, 2.45) is 0 Å². The summed E-state index contributed by atoms with van der Waals surface area (Å²) in [5, 5.41) is 14.2. The molecule has 4 heteroatoms. The largest absolute Gasteiger partial charge is 0.491 e. The van der Waals surface area contributed by atoms with Gasteiger partial charge in [-0.3, -0.25) is 0 Å². The van der Waals surface area contributed by atoms with Crippen LogP contribution in [0.15, 0.2) is 30.3 Å². The fourth-order valence-corrected chi connectivity index (χ4v) is 3.63. The number of benzene rings is 1. The summed E-state index contributed by atoms with van der Waals surface area (Å²) in [6, 6.07) is 10.2. The van der Waals surface area contributed by atoms with Gasteiger partial charge in [-0.2, -0.15) is 11.8 Å². The Bertz CT molecular complexity index is 374. The Labute approximate surface area is 126 Å². The monoisotopic (exact) mass is 295 g/mol. The fraction of sp³-hybridized carbons (Fsp3) is 0.625. The molecule has 1 aliphatic carbocycles.